The maximum atomic E-state index is 14.3. The Hall–Kier alpha value is -2.15. The number of hydrogen-bond acceptors (Lipinski definition) is 4. The van der Waals surface area contributed by atoms with Gasteiger partial charge in [-0.05, 0) is 50.6 Å². The van der Waals surface area contributed by atoms with Gasteiger partial charge in [0.2, 0.25) is 11.8 Å². The molecular formula is C22H32FN3O3. The van der Waals surface area contributed by atoms with Gasteiger partial charge in [-0.2, -0.15) is 0 Å². The Morgan fingerprint density at radius 1 is 1.24 bits per heavy atom. The second-order valence-corrected chi connectivity index (χ2v) is 8.09. The molecule has 2 saturated heterocycles. The number of nitrogens with zero attached hydrogens (tertiary/aromatic N) is 3. The first kappa shape index (κ1) is 21.6. The van der Waals surface area contributed by atoms with Gasteiger partial charge in [0.05, 0.1) is 19.1 Å². The third kappa shape index (κ3) is 4.55. The number of piperidine rings is 1. The summed E-state index contributed by atoms with van der Waals surface area (Å²) in [7, 11) is 1.54. The van der Waals surface area contributed by atoms with Crippen LogP contribution in [0.25, 0.3) is 0 Å². The number of methoxy groups -OCH3 is 1. The van der Waals surface area contributed by atoms with Crippen LogP contribution in [-0.4, -0.2) is 72.9 Å². The summed E-state index contributed by atoms with van der Waals surface area (Å²) >= 11 is 0. The zero-order chi connectivity index (χ0) is 21.0. The maximum absolute atomic E-state index is 14.3. The molecule has 1 spiro atoms. The highest BCUT2D eigenvalue weighted by molar-refractivity contribution is 5.86. The van der Waals surface area contributed by atoms with E-state index in [1.807, 2.05) is 18.7 Å². The van der Waals surface area contributed by atoms with Crippen LogP contribution in [0.2, 0.25) is 0 Å². The van der Waals surface area contributed by atoms with E-state index < -0.39 is 5.41 Å². The Morgan fingerprint density at radius 2 is 2.00 bits per heavy atom. The summed E-state index contributed by atoms with van der Waals surface area (Å²) in [5.74, 6) is 0.383. The van der Waals surface area contributed by atoms with E-state index in [2.05, 4.69) is 4.90 Å². The highest BCUT2D eigenvalue weighted by Crippen LogP contribution is 2.40. The standard InChI is InChI=1S/C22H32FN3O3/c1-4-24(5-2)15-20(27)26-12-10-22(16-26)9-6-11-25(21(22)28)14-17-13-18(29-3)7-8-19(17)23/h7-8,13H,4-6,9-12,14-16H2,1-3H3/t22-/m0/s1. The lowest BCUT2D eigenvalue weighted by atomic mass is 9.78. The number of carbonyl (C=O) groups excluding carboxylic acids is 2. The molecule has 7 heteroatoms. The smallest absolute Gasteiger partial charge is 0.236 e. The molecule has 0 saturated carbocycles. The molecular weight excluding hydrogens is 373 g/mol. The molecule has 29 heavy (non-hydrogen) atoms. The minimum absolute atomic E-state index is 0.0455. The fourth-order valence-electron chi connectivity index (χ4n) is 4.51. The summed E-state index contributed by atoms with van der Waals surface area (Å²) in [6.45, 7) is 8.10. The van der Waals surface area contributed by atoms with Crippen LogP contribution in [0.5, 0.6) is 5.75 Å². The predicted octanol–water partition coefficient (Wildman–Crippen LogP) is 2.52. The molecule has 3 rings (SSSR count). The minimum atomic E-state index is -0.521. The summed E-state index contributed by atoms with van der Waals surface area (Å²) in [4.78, 5) is 31.7. The molecule has 160 valence electrons. The van der Waals surface area contributed by atoms with Gasteiger partial charge in [0, 0.05) is 31.7 Å². The number of hydrogen-bond donors (Lipinski definition) is 0. The zero-order valence-corrected chi connectivity index (χ0v) is 17.7. The van der Waals surface area contributed by atoms with Gasteiger partial charge < -0.3 is 14.5 Å². The van der Waals surface area contributed by atoms with Crippen molar-refractivity contribution in [2.45, 2.75) is 39.7 Å². The first-order valence-corrected chi connectivity index (χ1v) is 10.5. The van der Waals surface area contributed by atoms with Crippen molar-refractivity contribution in [3.8, 4) is 5.75 Å². The van der Waals surface area contributed by atoms with Gasteiger partial charge in [0.25, 0.3) is 0 Å². The number of carbonyl (C=O) groups is 2. The molecule has 0 radical (unpaired) electrons. The van der Waals surface area contributed by atoms with Crippen LogP contribution in [0.4, 0.5) is 4.39 Å². The van der Waals surface area contributed by atoms with Crippen molar-refractivity contribution in [3.05, 3.63) is 29.6 Å². The topological polar surface area (TPSA) is 53.1 Å². The third-order valence-corrected chi connectivity index (χ3v) is 6.40. The molecule has 6 nitrogen and oxygen atoms in total. The molecule has 2 heterocycles. The largest absolute Gasteiger partial charge is 0.497 e. The van der Waals surface area contributed by atoms with E-state index in [0.717, 1.165) is 25.9 Å². The Bertz CT molecular complexity index is 753. The average molecular weight is 406 g/mol. The Balaban J connectivity index is 1.69. The van der Waals surface area contributed by atoms with Crippen molar-refractivity contribution >= 4 is 11.8 Å². The van der Waals surface area contributed by atoms with Crippen molar-refractivity contribution in [1.29, 1.82) is 0 Å². The highest BCUT2D eigenvalue weighted by atomic mass is 19.1. The van der Waals surface area contributed by atoms with Crippen LogP contribution in [0.1, 0.15) is 38.7 Å². The number of amides is 2. The van der Waals surface area contributed by atoms with Gasteiger partial charge in [0.1, 0.15) is 11.6 Å². The summed E-state index contributed by atoms with van der Waals surface area (Å²) in [5.41, 5.74) is -0.0609. The Morgan fingerprint density at radius 3 is 2.69 bits per heavy atom. The lowest BCUT2D eigenvalue weighted by Gasteiger charge is -2.39. The number of halogens is 1. The molecule has 0 unspecified atom stereocenters. The normalized spacial score (nSPS) is 22.0. The molecule has 2 aliphatic rings. The Kier molecular flexibility index (Phi) is 6.77. The summed E-state index contributed by atoms with van der Waals surface area (Å²) < 4.78 is 19.5. The maximum Gasteiger partial charge on any atom is 0.236 e. The SMILES string of the molecule is CCN(CC)CC(=O)N1CC[C@@]2(CCCN(Cc3cc(OC)ccc3F)C2=O)C1. The highest BCUT2D eigenvalue weighted by Gasteiger charge is 2.49. The molecule has 1 aromatic carbocycles. The van der Waals surface area contributed by atoms with E-state index >= 15 is 0 Å². The van der Waals surface area contributed by atoms with Crippen LogP contribution in [-0.2, 0) is 16.1 Å². The van der Waals surface area contributed by atoms with E-state index in [-0.39, 0.29) is 24.2 Å². The fourth-order valence-corrected chi connectivity index (χ4v) is 4.51. The molecule has 1 atom stereocenters. The second kappa shape index (κ2) is 9.11. The molecule has 2 fully saturated rings. The lowest BCUT2D eigenvalue weighted by molar-refractivity contribution is -0.147. The molecule has 2 amide bonds. The minimum Gasteiger partial charge on any atom is -0.497 e. The van der Waals surface area contributed by atoms with Crippen molar-refractivity contribution in [1.82, 2.24) is 14.7 Å². The van der Waals surface area contributed by atoms with Gasteiger partial charge in [-0.25, -0.2) is 4.39 Å². The number of benzene rings is 1. The van der Waals surface area contributed by atoms with Crippen molar-refractivity contribution in [3.63, 3.8) is 0 Å². The predicted molar refractivity (Wildman–Crippen MR) is 109 cm³/mol. The quantitative estimate of drug-likeness (QED) is 0.700. The van der Waals surface area contributed by atoms with E-state index in [4.69, 9.17) is 4.74 Å². The van der Waals surface area contributed by atoms with Crippen molar-refractivity contribution < 1.29 is 18.7 Å². The molecule has 2 aliphatic heterocycles. The summed E-state index contributed by atoms with van der Waals surface area (Å²) in [6.07, 6.45) is 2.35. The molecule has 0 aromatic heterocycles. The molecule has 1 aromatic rings. The number of ether oxygens (including phenoxy) is 1. The Labute approximate surface area is 172 Å². The average Bonchev–Trinajstić information content (AvgIpc) is 3.16. The second-order valence-electron chi connectivity index (χ2n) is 8.09. The van der Waals surface area contributed by atoms with Crippen LogP contribution < -0.4 is 4.74 Å². The van der Waals surface area contributed by atoms with Gasteiger partial charge in [-0.3, -0.25) is 14.5 Å². The molecule has 0 aliphatic carbocycles. The van der Waals surface area contributed by atoms with Crippen LogP contribution in [0, 0.1) is 11.2 Å². The zero-order valence-electron chi connectivity index (χ0n) is 17.7. The molecule has 0 bridgehead atoms. The van der Waals surface area contributed by atoms with E-state index in [1.54, 1.807) is 24.1 Å². The van der Waals surface area contributed by atoms with Crippen LogP contribution in [0.15, 0.2) is 18.2 Å². The fraction of sp³-hybridized carbons (Fsp3) is 0.636. The molecule has 0 N–H and O–H groups in total. The summed E-state index contributed by atoms with van der Waals surface area (Å²) in [5, 5.41) is 0. The first-order chi connectivity index (χ1) is 13.9. The number of rotatable bonds is 7. The number of likely N-dealkylation sites (N-methyl/N-ethyl adjacent to an activating group) is 1. The number of likely N-dealkylation sites (tertiary alicyclic amines) is 2. The van der Waals surface area contributed by atoms with E-state index in [9.17, 15) is 14.0 Å². The van der Waals surface area contributed by atoms with Gasteiger partial charge in [-0.1, -0.05) is 13.8 Å². The van der Waals surface area contributed by atoms with Crippen LogP contribution >= 0.6 is 0 Å². The van der Waals surface area contributed by atoms with Gasteiger partial charge in [-0.15, -0.1) is 0 Å². The first-order valence-electron chi connectivity index (χ1n) is 10.5. The van der Waals surface area contributed by atoms with E-state index in [1.165, 1.54) is 6.07 Å². The van der Waals surface area contributed by atoms with Crippen molar-refractivity contribution in [2.75, 3.05) is 46.4 Å². The van der Waals surface area contributed by atoms with Gasteiger partial charge in [0.15, 0.2) is 0 Å². The third-order valence-electron chi connectivity index (χ3n) is 6.40. The van der Waals surface area contributed by atoms with E-state index in [0.29, 0.717) is 43.9 Å². The lowest BCUT2D eigenvalue weighted by Crippen LogP contribution is -2.50. The monoisotopic (exact) mass is 405 g/mol. The van der Waals surface area contributed by atoms with Crippen LogP contribution in [0.3, 0.4) is 0 Å². The van der Waals surface area contributed by atoms with Gasteiger partial charge >= 0.3 is 0 Å². The van der Waals surface area contributed by atoms with Crippen molar-refractivity contribution in [2.24, 2.45) is 5.41 Å². The summed E-state index contributed by atoms with van der Waals surface area (Å²) in [6, 6.07) is 4.61.